The number of hydrogen-bond acceptors (Lipinski definition) is 3. The fourth-order valence-electron chi connectivity index (χ4n) is 2.17. The molecule has 0 saturated carbocycles. The van der Waals surface area contributed by atoms with Crippen molar-refractivity contribution < 1.29 is 18.7 Å². The van der Waals surface area contributed by atoms with E-state index < -0.39 is 17.2 Å². The SMILES string of the molecule is CC(=O)C1(Cc2cc(Br)ccc2F)CCOC1=O. The van der Waals surface area contributed by atoms with Gasteiger partial charge in [-0.25, -0.2) is 4.39 Å². The number of carbonyl (C=O) groups is 2. The van der Waals surface area contributed by atoms with Crippen molar-refractivity contribution in [3.63, 3.8) is 0 Å². The monoisotopic (exact) mass is 314 g/mol. The summed E-state index contributed by atoms with van der Waals surface area (Å²) in [6.45, 7) is 1.57. The fourth-order valence-corrected chi connectivity index (χ4v) is 2.58. The second-order valence-electron chi connectivity index (χ2n) is 4.44. The first-order valence-electron chi connectivity index (χ1n) is 5.58. The Hall–Kier alpha value is -1.23. The summed E-state index contributed by atoms with van der Waals surface area (Å²) in [5.74, 6) is -1.24. The largest absolute Gasteiger partial charge is 0.465 e. The van der Waals surface area contributed by atoms with Gasteiger partial charge in [0.05, 0.1) is 6.61 Å². The van der Waals surface area contributed by atoms with Gasteiger partial charge in [-0.3, -0.25) is 9.59 Å². The average Bonchev–Trinajstić information content (AvgIpc) is 2.67. The number of benzene rings is 1. The summed E-state index contributed by atoms with van der Waals surface area (Å²) in [4.78, 5) is 23.5. The van der Waals surface area contributed by atoms with Crippen molar-refractivity contribution in [2.45, 2.75) is 19.8 Å². The lowest BCUT2D eigenvalue weighted by Crippen LogP contribution is -2.36. The molecule has 0 spiro atoms. The predicted molar refractivity (Wildman–Crippen MR) is 66.5 cm³/mol. The fraction of sp³-hybridized carbons (Fsp3) is 0.385. The van der Waals surface area contributed by atoms with E-state index in [9.17, 15) is 14.0 Å². The van der Waals surface area contributed by atoms with Crippen LogP contribution in [0.2, 0.25) is 0 Å². The Morgan fingerprint density at radius 3 is 2.83 bits per heavy atom. The van der Waals surface area contributed by atoms with Crippen molar-refractivity contribution in [3.05, 3.63) is 34.1 Å². The Labute approximate surface area is 112 Å². The van der Waals surface area contributed by atoms with E-state index in [1.807, 2.05) is 0 Å². The van der Waals surface area contributed by atoms with Gasteiger partial charge in [0.15, 0.2) is 0 Å². The van der Waals surface area contributed by atoms with E-state index in [-0.39, 0.29) is 18.8 Å². The number of hydrogen-bond donors (Lipinski definition) is 0. The molecule has 0 amide bonds. The maximum Gasteiger partial charge on any atom is 0.320 e. The Balaban J connectivity index is 2.38. The van der Waals surface area contributed by atoms with Crippen LogP contribution in [0, 0.1) is 11.2 Å². The number of carbonyl (C=O) groups excluding carboxylic acids is 2. The van der Waals surface area contributed by atoms with Crippen molar-refractivity contribution >= 4 is 27.7 Å². The molecule has 1 heterocycles. The number of ether oxygens (including phenoxy) is 1. The maximum absolute atomic E-state index is 13.7. The molecule has 3 nitrogen and oxygen atoms in total. The number of cyclic esters (lactones) is 1. The highest BCUT2D eigenvalue weighted by atomic mass is 79.9. The van der Waals surface area contributed by atoms with Gasteiger partial charge < -0.3 is 4.74 Å². The first-order valence-corrected chi connectivity index (χ1v) is 6.37. The summed E-state index contributed by atoms with van der Waals surface area (Å²) in [7, 11) is 0. The van der Waals surface area contributed by atoms with E-state index in [0.717, 1.165) is 0 Å². The minimum absolute atomic E-state index is 0.0481. The molecule has 18 heavy (non-hydrogen) atoms. The van der Waals surface area contributed by atoms with Gasteiger partial charge in [-0.05, 0) is 37.1 Å². The molecule has 0 N–H and O–H groups in total. The zero-order valence-corrected chi connectivity index (χ0v) is 11.4. The normalized spacial score (nSPS) is 22.9. The highest BCUT2D eigenvalue weighted by Crippen LogP contribution is 2.36. The third-order valence-electron chi connectivity index (χ3n) is 3.33. The molecule has 1 aliphatic heterocycles. The summed E-state index contributed by atoms with van der Waals surface area (Å²) in [5.41, 5.74) is -0.875. The summed E-state index contributed by atoms with van der Waals surface area (Å²) >= 11 is 3.25. The van der Waals surface area contributed by atoms with Gasteiger partial charge in [0, 0.05) is 10.9 Å². The lowest BCUT2D eigenvalue weighted by molar-refractivity contribution is -0.150. The third kappa shape index (κ3) is 2.19. The zero-order valence-electron chi connectivity index (χ0n) is 9.83. The van der Waals surface area contributed by atoms with E-state index >= 15 is 0 Å². The zero-order chi connectivity index (χ0) is 13.3. The molecule has 1 aromatic rings. The highest BCUT2D eigenvalue weighted by molar-refractivity contribution is 9.10. The molecule has 0 bridgehead atoms. The lowest BCUT2D eigenvalue weighted by atomic mass is 9.77. The second-order valence-corrected chi connectivity index (χ2v) is 5.35. The number of rotatable bonds is 3. The minimum atomic E-state index is -1.22. The van der Waals surface area contributed by atoms with Gasteiger partial charge in [0.1, 0.15) is 17.0 Å². The van der Waals surface area contributed by atoms with E-state index in [2.05, 4.69) is 15.9 Å². The molecule has 0 aromatic heterocycles. The van der Waals surface area contributed by atoms with E-state index in [1.165, 1.54) is 13.0 Å². The molecule has 5 heteroatoms. The molecule has 1 saturated heterocycles. The molecular weight excluding hydrogens is 303 g/mol. The molecule has 1 aliphatic rings. The van der Waals surface area contributed by atoms with Crippen LogP contribution >= 0.6 is 15.9 Å². The topological polar surface area (TPSA) is 43.4 Å². The Kier molecular flexibility index (Phi) is 3.52. The Morgan fingerprint density at radius 2 is 2.28 bits per heavy atom. The molecule has 1 unspecified atom stereocenters. The summed E-state index contributed by atoms with van der Waals surface area (Å²) in [6, 6.07) is 4.48. The van der Waals surface area contributed by atoms with Crippen molar-refractivity contribution in [2.75, 3.05) is 6.61 Å². The molecule has 0 aliphatic carbocycles. The van der Waals surface area contributed by atoms with Gasteiger partial charge in [0.25, 0.3) is 0 Å². The third-order valence-corrected chi connectivity index (χ3v) is 3.82. The Morgan fingerprint density at radius 1 is 1.56 bits per heavy atom. The second kappa shape index (κ2) is 4.80. The summed E-state index contributed by atoms with van der Waals surface area (Å²) < 4.78 is 19.3. The number of Topliss-reactive ketones (excluding diaryl/α,β-unsaturated/α-hetero) is 1. The quantitative estimate of drug-likeness (QED) is 0.636. The molecule has 1 fully saturated rings. The molecule has 0 radical (unpaired) electrons. The van der Waals surface area contributed by atoms with E-state index in [1.54, 1.807) is 12.1 Å². The number of esters is 1. The van der Waals surface area contributed by atoms with Crippen molar-refractivity contribution in [1.29, 1.82) is 0 Å². The van der Waals surface area contributed by atoms with Gasteiger partial charge >= 0.3 is 5.97 Å². The molecule has 1 atom stereocenters. The smallest absolute Gasteiger partial charge is 0.320 e. The minimum Gasteiger partial charge on any atom is -0.465 e. The van der Waals surface area contributed by atoms with Crippen LogP contribution in [0.5, 0.6) is 0 Å². The van der Waals surface area contributed by atoms with Gasteiger partial charge in [0.2, 0.25) is 0 Å². The number of ketones is 1. The Bertz CT molecular complexity index is 515. The number of halogens is 2. The molecule has 1 aromatic carbocycles. The van der Waals surface area contributed by atoms with Gasteiger partial charge in [-0.15, -0.1) is 0 Å². The molecular formula is C13H12BrFO3. The van der Waals surface area contributed by atoms with Crippen LogP contribution in [0.25, 0.3) is 0 Å². The van der Waals surface area contributed by atoms with Crippen molar-refractivity contribution in [2.24, 2.45) is 5.41 Å². The molecule has 96 valence electrons. The van der Waals surface area contributed by atoms with Crippen LogP contribution in [0.4, 0.5) is 4.39 Å². The van der Waals surface area contributed by atoms with E-state index in [4.69, 9.17) is 4.74 Å². The first kappa shape index (κ1) is 13.2. The van der Waals surface area contributed by atoms with Crippen LogP contribution in [-0.2, 0) is 20.7 Å². The van der Waals surface area contributed by atoms with Crippen LogP contribution in [0.3, 0.4) is 0 Å². The van der Waals surface area contributed by atoms with Crippen LogP contribution in [-0.4, -0.2) is 18.4 Å². The maximum atomic E-state index is 13.7. The van der Waals surface area contributed by atoms with Crippen LogP contribution in [0.15, 0.2) is 22.7 Å². The van der Waals surface area contributed by atoms with Crippen molar-refractivity contribution in [3.8, 4) is 0 Å². The standard InChI is InChI=1S/C13H12BrFO3/c1-8(16)13(4-5-18-12(13)17)7-9-6-10(14)2-3-11(9)15/h2-3,6H,4-5,7H2,1H3. The summed E-state index contributed by atoms with van der Waals surface area (Å²) in [6.07, 6.45) is 0.361. The van der Waals surface area contributed by atoms with Crippen LogP contribution < -0.4 is 0 Å². The molecule has 2 rings (SSSR count). The highest BCUT2D eigenvalue weighted by Gasteiger charge is 2.49. The van der Waals surface area contributed by atoms with E-state index in [0.29, 0.717) is 16.5 Å². The van der Waals surface area contributed by atoms with Gasteiger partial charge in [-0.2, -0.15) is 0 Å². The van der Waals surface area contributed by atoms with Gasteiger partial charge in [-0.1, -0.05) is 15.9 Å². The van der Waals surface area contributed by atoms with Crippen molar-refractivity contribution in [1.82, 2.24) is 0 Å². The first-order chi connectivity index (χ1) is 8.45. The van der Waals surface area contributed by atoms with Crippen LogP contribution in [0.1, 0.15) is 18.9 Å². The lowest BCUT2D eigenvalue weighted by Gasteiger charge is -2.21. The average molecular weight is 315 g/mol. The predicted octanol–water partition coefficient (Wildman–Crippen LogP) is 2.65. The summed E-state index contributed by atoms with van der Waals surface area (Å²) in [5, 5.41) is 0.